The number of aromatic nitrogens is 1. The van der Waals surface area contributed by atoms with Crippen LogP contribution < -0.4 is 5.32 Å². The summed E-state index contributed by atoms with van der Waals surface area (Å²) in [7, 11) is 0. The Morgan fingerprint density at radius 1 is 1.47 bits per heavy atom. The van der Waals surface area contributed by atoms with Crippen molar-refractivity contribution in [3.8, 4) is 0 Å². The molecule has 0 saturated carbocycles. The second-order valence-corrected chi connectivity index (χ2v) is 6.03. The molecule has 0 aliphatic carbocycles. The number of nitrogens with zero attached hydrogens (tertiary/aromatic N) is 1. The zero-order valence-electron chi connectivity index (χ0n) is 10.2. The fourth-order valence-electron chi connectivity index (χ4n) is 1.17. The predicted octanol–water partition coefficient (Wildman–Crippen LogP) is 2.16. The number of aliphatic hydroxyl groups is 1. The quantitative estimate of drug-likeness (QED) is 0.856. The Hall–Kier alpha value is -0.590. The zero-order valence-corrected chi connectivity index (χ0v) is 11.0. The lowest BCUT2D eigenvalue weighted by molar-refractivity contribution is -0.00337. The molecule has 1 rings (SSSR count). The highest BCUT2D eigenvalue weighted by atomic mass is 32.1. The maximum Gasteiger partial charge on any atom is 0.265 e. The fourth-order valence-corrected chi connectivity index (χ4v) is 2.11. The standard InChI is InChI=1S/C11H18F2N2OS/c1-11(2,3)10-15-5-7(17-10)4-14-6-8(16)9(12)13/h5,8-9,14,16H,4,6H2,1-3H3. The molecule has 1 unspecified atom stereocenters. The van der Waals surface area contributed by atoms with Gasteiger partial charge in [0.25, 0.3) is 6.43 Å². The minimum Gasteiger partial charge on any atom is -0.386 e. The Kier molecular flexibility index (Phi) is 4.97. The van der Waals surface area contributed by atoms with Crippen LogP contribution in [0.1, 0.15) is 30.7 Å². The van der Waals surface area contributed by atoms with Crippen LogP contribution in [0.2, 0.25) is 0 Å². The lowest BCUT2D eigenvalue weighted by atomic mass is 9.98. The molecule has 98 valence electrons. The highest BCUT2D eigenvalue weighted by molar-refractivity contribution is 7.11. The van der Waals surface area contributed by atoms with E-state index in [2.05, 4.69) is 31.1 Å². The number of nitrogens with one attached hydrogen (secondary N) is 1. The minimum atomic E-state index is -2.70. The van der Waals surface area contributed by atoms with Crippen LogP contribution in [0.25, 0.3) is 0 Å². The van der Waals surface area contributed by atoms with E-state index in [4.69, 9.17) is 5.11 Å². The van der Waals surface area contributed by atoms with E-state index in [0.29, 0.717) is 6.54 Å². The van der Waals surface area contributed by atoms with E-state index < -0.39 is 12.5 Å². The molecule has 6 heteroatoms. The number of hydrogen-bond acceptors (Lipinski definition) is 4. The number of thiazole rings is 1. The van der Waals surface area contributed by atoms with E-state index in [-0.39, 0.29) is 12.0 Å². The molecule has 2 N–H and O–H groups in total. The van der Waals surface area contributed by atoms with Crippen LogP contribution in [0.4, 0.5) is 8.78 Å². The predicted molar refractivity (Wildman–Crippen MR) is 64.5 cm³/mol. The van der Waals surface area contributed by atoms with Crippen LogP contribution in [0.3, 0.4) is 0 Å². The molecule has 0 aliphatic rings. The molecule has 1 atom stereocenters. The summed E-state index contributed by atoms with van der Waals surface area (Å²) in [6, 6.07) is 0. The van der Waals surface area contributed by atoms with Crippen LogP contribution in [-0.4, -0.2) is 29.2 Å². The SMILES string of the molecule is CC(C)(C)c1ncc(CNCC(O)C(F)F)s1. The van der Waals surface area contributed by atoms with Crippen molar-refractivity contribution in [3.05, 3.63) is 16.1 Å². The van der Waals surface area contributed by atoms with Gasteiger partial charge < -0.3 is 10.4 Å². The topological polar surface area (TPSA) is 45.2 Å². The lowest BCUT2D eigenvalue weighted by Crippen LogP contribution is -2.31. The van der Waals surface area contributed by atoms with Crippen LogP contribution in [0, 0.1) is 0 Å². The molecule has 0 aliphatic heterocycles. The molecule has 0 saturated heterocycles. The van der Waals surface area contributed by atoms with Gasteiger partial charge in [-0.2, -0.15) is 0 Å². The molecular formula is C11H18F2N2OS. The third-order valence-electron chi connectivity index (χ3n) is 2.14. The summed E-state index contributed by atoms with van der Waals surface area (Å²) in [5, 5.41) is 12.7. The molecule has 1 aromatic rings. The Labute approximate surface area is 104 Å². The third-order valence-corrected chi connectivity index (χ3v) is 3.56. The minimum absolute atomic E-state index is 0.00536. The maximum atomic E-state index is 12.0. The van der Waals surface area contributed by atoms with Crippen LogP contribution in [0.15, 0.2) is 6.20 Å². The average Bonchev–Trinajstić information content (AvgIpc) is 2.65. The first kappa shape index (κ1) is 14.5. The number of halogens is 2. The third kappa shape index (κ3) is 4.65. The van der Waals surface area contributed by atoms with Gasteiger partial charge >= 0.3 is 0 Å². The molecule has 1 heterocycles. The van der Waals surface area contributed by atoms with E-state index in [1.807, 2.05) is 0 Å². The first-order valence-corrected chi connectivity index (χ1v) is 6.24. The molecule has 3 nitrogen and oxygen atoms in total. The summed E-state index contributed by atoms with van der Waals surface area (Å²) < 4.78 is 24.0. The summed E-state index contributed by atoms with van der Waals surface area (Å²) in [4.78, 5) is 5.27. The molecule has 0 spiro atoms. The van der Waals surface area contributed by atoms with E-state index in [1.54, 1.807) is 17.5 Å². The van der Waals surface area contributed by atoms with Crippen molar-refractivity contribution in [2.45, 2.75) is 45.3 Å². The molecule has 0 bridgehead atoms. The van der Waals surface area contributed by atoms with Gasteiger partial charge in [-0.05, 0) is 0 Å². The lowest BCUT2D eigenvalue weighted by Gasteiger charge is -2.13. The van der Waals surface area contributed by atoms with Gasteiger partial charge in [0.1, 0.15) is 6.10 Å². The monoisotopic (exact) mass is 264 g/mol. The molecule has 0 aromatic carbocycles. The van der Waals surface area contributed by atoms with Crippen LogP contribution >= 0.6 is 11.3 Å². The normalized spacial score (nSPS) is 14.3. The second-order valence-electron chi connectivity index (χ2n) is 4.91. The second kappa shape index (κ2) is 5.84. The van der Waals surface area contributed by atoms with E-state index >= 15 is 0 Å². The van der Waals surface area contributed by atoms with Crippen molar-refractivity contribution >= 4 is 11.3 Å². The zero-order chi connectivity index (χ0) is 13.1. The molecule has 17 heavy (non-hydrogen) atoms. The Morgan fingerprint density at radius 3 is 2.59 bits per heavy atom. The fraction of sp³-hybridized carbons (Fsp3) is 0.727. The molecular weight excluding hydrogens is 246 g/mol. The van der Waals surface area contributed by atoms with Crippen molar-refractivity contribution < 1.29 is 13.9 Å². The average molecular weight is 264 g/mol. The van der Waals surface area contributed by atoms with Crippen molar-refractivity contribution in [3.63, 3.8) is 0 Å². The van der Waals surface area contributed by atoms with E-state index in [0.717, 1.165) is 9.88 Å². The van der Waals surface area contributed by atoms with Gasteiger partial charge in [-0.3, -0.25) is 0 Å². The van der Waals surface area contributed by atoms with E-state index in [1.165, 1.54) is 0 Å². The molecule has 1 aromatic heterocycles. The van der Waals surface area contributed by atoms with Gasteiger partial charge in [0.05, 0.1) is 5.01 Å². The number of hydrogen-bond donors (Lipinski definition) is 2. The Balaban J connectivity index is 2.41. The summed E-state index contributed by atoms with van der Waals surface area (Å²) in [6.45, 7) is 6.56. The van der Waals surface area contributed by atoms with Gasteiger partial charge in [0, 0.05) is 29.6 Å². The summed E-state index contributed by atoms with van der Waals surface area (Å²) in [5.74, 6) is 0. The van der Waals surface area contributed by atoms with Crippen LogP contribution in [0.5, 0.6) is 0 Å². The first-order chi connectivity index (χ1) is 7.80. The largest absolute Gasteiger partial charge is 0.386 e. The van der Waals surface area contributed by atoms with Crippen molar-refractivity contribution in [2.75, 3.05) is 6.54 Å². The maximum absolute atomic E-state index is 12.0. The molecule has 0 radical (unpaired) electrons. The highest BCUT2D eigenvalue weighted by Crippen LogP contribution is 2.26. The highest BCUT2D eigenvalue weighted by Gasteiger charge is 2.18. The van der Waals surface area contributed by atoms with Crippen LogP contribution in [-0.2, 0) is 12.0 Å². The van der Waals surface area contributed by atoms with Gasteiger partial charge in [0.15, 0.2) is 0 Å². The van der Waals surface area contributed by atoms with Crippen molar-refractivity contribution in [2.24, 2.45) is 0 Å². The summed E-state index contributed by atoms with van der Waals surface area (Å²) >= 11 is 1.56. The summed E-state index contributed by atoms with van der Waals surface area (Å²) in [6.07, 6.45) is -2.56. The van der Waals surface area contributed by atoms with Gasteiger partial charge in [0.2, 0.25) is 0 Å². The smallest absolute Gasteiger partial charge is 0.265 e. The number of aliphatic hydroxyl groups excluding tert-OH is 1. The number of alkyl halides is 2. The van der Waals surface area contributed by atoms with Gasteiger partial charge in [-0.1, -0.05) is 20.8 Å². The number of rotatable bonds is 5. The van der Waals surface area contributed by atoms with Gasteiger partial charge in [-0.15, -0.1) is 11.3 Å². The van der Waals surface area contributed by atoms with E-state index in [9.17, 15) is 8.78 Å². The summed E-state index contributed by atoms with van der Waals surface area (Å²) in [5.41, 5.74) is 0.00536. The van der Waals surface area contributed by atoms with Gasteiger partial charge in [-0.25, -0.2) is 13.8 Å². The Morgan fingerprint density at radius 2 is 2.12 bits per heavy atom. The molecule has 0 amide bonds. The Bertz CT molecular complexity index is 349. The van der Waals surface area contributed by atoms with Crippen molar-refractivity contribution in [1.82, 2.24) is 10.3 Å². The van der Waals surface area contributed by atoms with Crippen molar-refractivity contribution in [1.29, 1.82) is 0 Å². The molecule has 0 fully saturated rings. The first-order valence-electron chi connectivity index (χ1n) is 5.43.